The van der Waals surface area contributed by atoms with E-state index in [1.165, 1.54) is 0 Å². The third-order valence-electron chi connectivity index (χ3n) is 1.94. The molecule has 0 amide bonds. The summed E-state index contributed by atoms with van der Waals surface area (Å²) >= 11 is 0. The van der Waals surface area contributed by atoms with Gasteiger partial charge in [0.2, 0.25) is 0 Å². The van der Waals surface area contributed by atoms with Crippen LogP contribution < -0.4 is 0 Å². The van der Waals surface area contributed by atoms with Gasteiger partial charge in [0.15, 0.2) is 6.29 Å². The van der Waals surface area contributed by atoms with Crippen LogP contribution in [0.1, 0.15) is 13.3 Å². The van der Waals surface area contributed by atoms with E-state index >= 15 is 0 Å². The van der Waals surface area contributed by atoms with Crippen molar-refractivity contribution in [3.63, 3.8) is 0 Å². The molecule has 3 N–H and O–H groups in total. The summed E-state index contributed by atoms with van der Waals surface area (Å²) in [4.78, 5) is 0. The zero-order valence-corrected chi connectivity index (χ0v) is 7.59. The molecule has 5 heteroatoms. The van der Waals surface area contributed by atoms with Gasteiger partial charge in [0.1, 0.15) is 18.3 Å². The van der Waals surface area contributed by atoms with Crippen LogP contribution in [0.15, 0.2) is 0 Å². The highest BCUT2D eigenvalue weighted by Crippen LogP contribution is 2.16. The van der Waals surface area contributed by atoms with E-state index < -0.39 is 24.6 Å². The minimum atomic E-state index is -1.18. The van der Waals surface area contributed by atoms with Crippen LogP contribution in [-0.2, 0) is 9.47 Å². The van der Waals surface area contributed by atoms with Crippen molar-refractivity contribution in [3.8, 4) is 0 Å². The minimum absolute atomic E-state index is 0.00733. The molecule has 13 heavy (non-hydrogen) atoms. The van der Waals surface area contributed by atoms with E-state index in [9.17, 15) is 10.2 Å². The molecular formula is C8H16O5. The zero-order valence-electron chi connectivity index (χ0n) is 7.59. The highest BCUT2D eigenvalue weighted by molar-refractivity contribution is 4.82. The fourth-order valence-electron chi connectivity index (χ4n) is 1.16. The third-order valence-corrected chi connectivity index (χ3v) is 1.94. The van der Waals surface area contributed by atoms with Gasteiger partial charge >= 0.3 is 0 Å². The smallest absolute Gasteiger partial charge is 0.186 e. The molecule has 1 fully saturated rings. The first-order chi connectivity index (χ1) is 6.16. The monoisotopic (exact) mass is 192 g/mol. The van der Waals surface area contributed by atoms with Crippen LogP contribution in [-0.4, -0.2) is 53.1 Å². The minimum Gasteiger partial charge on any atom is -0.388 e. The Morgan fingerprint density at radius 2 is 2.00 bits per heavy atom. The second-order valence-electron chi connectivity index (χ2n) is 3.12. The van der Waals surface area contributed by atoms with Crippen molar-refractivity contribution in [1.29, 1.82) is 0 Å². The lowest BCUT2D eigenvalue weighted by molar-refractivity contribution is -0.269. The first-order valence-corrected chi connectivity index (χ1v) is 4.44. The van der Waals surface area contributed by atoms with Crippen molar-refractivity contribution >= 4 is 0 Å². The van der Waals surface area contributed by atoms with Gasteiger partial charge in [-0.2, -0.15) is 0 Å². The van der Waals surface area contributed by atoms with Crippen LogP contribution in [0, 0.1) is 0 Å². The summed E-state index contributed by atoms with van der Waals surface area (Å²) in [5, 5.41) is 27.7. The van der Waals surface area contributed by atoms with Crippen molar-refractivity contribution in [3.05, 3.63) is 0 Å². The Morgan fingerprint density at radius 3 is 2.62 bits per heavy atom. The van der Waals surface area contributed by atoms with Gasteiger partial charge in [0.25, 0.3) is 0 Å². The average Bonchev–Trinajstić information content (AvgIpc) is 2.13. The van der Waals surface area contributed by atoms with Crippen LogP contribution in [0.5, 0.6) is 0 Å². The summed E-state index contributed by atoms with van der Waals surface area (Å²) in [5.74, 6) is 0. The molecule has 0 aromatic carbocycles. The van der Waals surface area contributed by atoms with Gasteiger partial charge in [-0.15, -0.1) is 0 Å². The first kappa shape index (κ1) is 10.9. The van der Waals surface area contributed by atoms with Crippen LogP contribution in [0.4, 0.5) is 0 Å². The molecule has 0 saturated carbocycles. The standard InChI is InChI=1S/C8H16O5/c1-2-3-12-8-7(11)6(10)5(9)4-13-8/h5-11H,2-4H2,1H3/t5-,6+,7-,8-/m1/s1. The molecular weight excluding hydrogens is 176 g/mol. The Labute approximate surface area is 76.9 Å². The molecule has 0 spiro atoms. The molecule has 1 saturated heterocycles. The number of hydrogen-bond acceptors (Lipinski definition) is 5. The van der Waals surface area contributed by atoms with Crippen LogP contribution >= 0.6 is 0 Å². The van der Waals surface area contributed by atoms with E-state index in [1.807, 2.05) is 6.92 Å². The summed E-state index contributed by atoms with van der Waals surface area (Å²) < 4.78 is 10.1. The lowest BCUT2D eigenvalue weighted by Crippen LogP contribution is -2.53. The normalized spacial score (nSPS) is 40.6. The first-order valence-electron chi connectivity index (χ1n) is 4.44. The molecule has 1 rings (SSSR count). The summed E-state index contributed by atoms with van der Waals surface area (Å²) in [5.41, 5.74) is 0. The largest absolute Gasteiger partial charge is 0.388 e. The number of aliphatic hydroxyl groups is 3. The topological polar surface area (TPSA) is 79.2 Å². The Morgan fingerprint density at radius 1 is 1.31 bits per heavy atom. The number of rotatable bonds is 3. The maximum absolute atomic E-state index is 9.37. The molecule has 0 unspecified atom stereocenters. The maximum atomic E-state index is 9.37. The molecule has 0 radical (unpaired) electrons. The predicted molar refractivity (Wildman–Crippen MR) is 44.0 cm³/mol. The Kier molecular flexibility index (Phi) is 4.08. The molecule has 1 heterocycles. The van der Waals surface area contributed by atoms with Crippen LogP contribution in [0.3, 0.4) is 0 Å². The molecule has 0 aromatic heterocycles. The summed E-state index contributed by atoms with van der Waals surface area (Å²) in [6, 6.07) is 0. The molecule has 0 bridgehead atoms. The second kappa shape index (κ2) is 4.88. The van der Waals surface area contributed by atoms with E-state index in [0.29, 0.717) is 6.61 Å². The van der Waals surface area contributed by atoms with Crippen molar-refractivity contribution in [2.45, 2.75) is 37.9 Å². The molecule has 0 aromatic rings. The number of aliphatic hydroxyl groups excluding tert-OH is 3. The second-order valence-corrected chi connectivity index (χ2v) is 3.12. The molecule has 1 aliphatic heterocycles. The molecule has 78 valence electrons. The number of hydrogen-bond donors (Lipinski definition) is 3. The number of ether oxygens (including phenoxy) is 2. The van der Waals surface area contributed by atoms with Crippen LogP contribution in [0.25, 0.3) is 0 Å². The van der Waals surface area contributed by atoms with Crippen molar-refractivity contribution < 1.29 is 24.8 Å². The SMILES string of the molecule is CCCO[C@@H]1OC[C@@H](O)[C@H](O)[C@H]1O. The van der Waals surface area contributed by atoms with Crippen molar-refractivity contribution in [2.24, 2.45) is 0 Å². The third kappa shape index (κ3) is 2.62. The van der Waals surface area contributed by atoms with Crippen molar-refractivity contribution in [1.82, 2.24) is 0 Å². The fourth-order valence-corrected chi connectivity index (χ4v) is 1.16. The Hall–Kier alpha value is -0.200. The van der Waals surface area contributed by atoms with E-state index in [2.05, 4.69) is 0 Å². The highest BCUT2D eigenvalue weighted by Gasteiger charge is 2.37. The summed E-state index contributed by atoms with van der Waals surface area (Å²) in [7, 11) is 0. The van der Waals surface area contributed by atoms with E-state index in [4.69, 9.17) is 14.6 Å². The van der Waals surface area contributed by atoms with E-state index in [1.54, 1.807) is 0 Å². The van der Waals surface area contributed by atoms with Gasteiger partial charge in [-0.1, -0.05) is 6.92 Å². The molecule has 4 atom stereocenters. The van der Waals surface area contributed by atoms with Gasteiger partial charge < -0.3 is 24.8 Å². The summed E-state index contributed by atoms with van der Waals surface area (Å²) in [6.07, 6.45) is -3.40. The van der Waals surface area contributed by atoms with Gasteiger partial charge in [0.05, 0.1) is 6.61 Å². The van der Waals surface area contributed by atoms with E-state index in [0.717, 1.165) is 6.42 Å². The highest BCUT2D eigenvalue weighted by atomic mass is 16.7. The average molecular weight is 192 g/mol. The summed E-state index contributed by atoms with van der Waals surface area (Å²) in [6.45, 7) is 2.39. The molecule has 0 aliphatic carbocycles. The maximum Gasteiger partial charge on any atom is 0.186 e. The van der Waals surface area contributed by atoms with Gasteiger partial charge in [-0.25, -0.2) is 0 Å². The van der Waals surface area contributed by atoms with Gasteiger partial charge in [0, 0.05) is 6.61 Å². The Balaban J connectivity index is 2.39. The lowest BCUT2D eigenvalue weighted by Gasteiger charge is -2.34. The van der Waals surface area contributed by atoms with Gasteiger partial charge in [-0.05, 0) is 6.42 Å². The zero-order chi connectivity index (χ0) is 9.84. The molecule has 5 nitrogen and oxygen atoms in total. The van der Waals surface area contributed by atoms with E-state index in [-0.39, 0.29) is 6.61 Å². The van der Waals surface area contributed by atoms with Crippen molar-refractivity contribution in [2.75, 3.05) is 13.2 Å². The van der Waals surface area contributed by atoms with Crippen LogP contribution in [0.2, 0.25) is 0 Å². The molecule has 1 aliphatic rings. The van der Waals surface area contributed by atoms with Gasteiger partial charge in [-0.3, -0.25) is 0 Å². The lowest BCUT2D eigenvalue weighted by atomic mass is 10.1. The Bertz CT molecular complexity index is 149. The quantitative estimate of drug-likeness (QED) is 0.526. The predicted octanol–water partition coefficient (Wildman–Crippen LogP) is -1.15. The fraction of sp³-hybridized carbons (Fsp3) is 1.00.